The van der Waals surface area contributed by atoms with Crippen LogP contribution in [0.15, 0.2) is 58.0 Å². The molecule has 4 rings (SSSR count). The van der Waals surface area contributed by atoms with Gasteiger partial charge in [-0.05, 0) is 49.1 Å². The van der Waals surface area contributed by atoms with Gasteiger partial charge in [0.1, 0.15) is 5.75 Å². The second-order valence-corrected chi connectivity index (χ2v) is 11.2. The van der Waals surface area contributed by atoms with Gasteiger partial charge in [0.15, 0.2) is 15.3 Å². The molecule has 4 aromatic rings. The van der Waals surface area contributed by atoms with Gasteiger partial charge in [-0.15, -0.1) is 20.4 Å². The van der Waals surface area contributed by atoms with Gasteiger partial charge in [0, 0.05) is 23.4 Å². The number of non-ortho nitro benzene ring substituents is 1. The zero-order valence-corrected chi connectivity index (χ0v) is 23.8. The molecule has 0 unspecified atom stereocenters. The summed E-state index contributed by atoms with van der Waals surface area (Å²) in [5.74, 6) is 1.31. The van der Waals surface area contributed by atoms with Crippen LogP contribution in [-0.2, 0) is 11.3 Å². The zero-order valence-electron chi connectivity index (χ0n) is 21.4. The van der Waals surface area contributed by atoms with Crippen LogP contribution in [0, 0.1) is 10.1 Å². The lowest BCUT2D eigenvalue weighted by atomic mass is 10.2. The Morgan fingerprint density at radius 3 is 2.45 bits per heavy atom. The van der Waals surface area contributed by atoms with E-state index in [1.807, 2.05) is 26.0 Å². The molecule has 0 bridgehead atoms. The number of anilines is 1. The molecule has 0 radical (unpaired) electrons. The maximum absolute atomic E-state index is 12.7. The lowest BCUT2D eigenvalue weighted by Gasteiger charge is -2.12. The predicted molar refractivity (Wildman–Crippen MR) is 152 cm³/mol. The number of nitro benzene ring substituents is 1. The highest BCUT2D eigenvalue weighted by atomic mass is 32.2. The van der Waals surface area contributed by atoms with Crippen LogP contribution in [0.3, 0.4) is 0 Å². The minimum Gasteiger partial charge on any atom is -0.494 e. The lowest BCUT2D eigenvalue weighted by molar-refractivity contribution is -0.384. The highest BCUT2D eigenvalue weighted by Crippen LogP contribution is 2.27. The summed E-state index contributed by atoms with van der Waals surface area (Å²) in [7, 11) is 0. The van der Waals surface area contributed by atoms with Crippen molar-refractivity contribution in [3.8, 4) is 11.4 Å². The van der Waals surface area contributed by atoms with Crippen LogP contribution in [0.25, 0.3) is 5.69 Å². The molecule has 0 saturated carbocycles. The third-order valence-corrected chi connectivity index (χ3v) is 7.89. The number of ether oxygens (including phenoxy) is 1. The van der Waals surface area contributed by atoms with Crippen molar-refractivity contribution >= 4 is 57.5 Å². The van der Waals surface area contributed by atoms with Gasteiger partial charge in [-0.1, -0.05) is 41.8 Å². The van der Waals surface area contributed by atoms with Crippen molar-refractivity contribution in [1.82, 2.24) is 30.3 Å². The van der Waals surface area contributed by atoms with E-state index in [1.54, 1.807) is 28.5 Å². The monoisotopic (exact) mass is 600 g/mol. The van der Waals surface area contributed by atoms with Gasteiger partial charge in [0.2, 0.25) is 11.0 Å². The number of aromatic nitrogens is 5. The molecule has 16 heteroatoms. The van der Waals surface area contributed by atoms with E-state index >= 15 is 0 Å². The summed E-state index contributed by atoms with van der Waals surface area (Å²) in [5.41, 5.74) is 0.867. The number of carbonyl (C=O) groups is 2. The van der Waals surface area contributed by atoms with Crippen molar-refractivity contribution in [1.29, 1.82) is 0 Å². The molecule has 0 saturated heterocycles. The summed E-state index contributed by atoms with van der Waals surface area (Å²) in [5, 5.41) is 33.8. The molecular formula is C24H24N8O5S3. The Morgan fingerprint density at radius 2 is 1.77 bits per heavy atom. The van der Waals surface area contributed by atoms with E-state index in [9.17, 15) is 19.7 Å². The van der Waals surface area contributed by atoms with E-state index < -0.39 is 10.8 Å². The fourth-order valence-electron chi connectivity index (χ4n) is 3.35. The fourth-order valence-corrected chi connectivity index (χ4v) is 5.79. The summed E-state index contributed by atoms with van der Waals surface area (Å²) in [6, 6.07) is 12.6. The summed E-state index contributed by atoms with van der Waals surface area (Å²) >= 11 is 4.03. The van der Waals surface area contributed by atoms with Crippen molar-refractivity contribution in [3.63, 3.8) is 0 Å². The third-order valence-electron chi connectivity index (χ3n) is 5.11. The van der Waals surface area contributed by atoms with E-state index in [1.165, 1.54) is 47.4 Å². The highest BCUT2D eigenvalue weighted by Gasteiger charge is 2.18. The van der Waals surface area contributed by atoms with Crippen LogP contribution < -0.4 is 15.4 Å². The Kier molecular flexibility index (Phi) is 10.0. The number of hydrogen-bond acceptors (Lipinski definition) is 12. The quantitative estimate of drug-likeness (QED) is 0.0977. The molecular weight excluding hydrogens is 577 g/mol. The van der Waals surface area contributed by atoms with Gasteiger partial charge in [-0.2, -0.15) is 0 Å². The molecule has 208 valence electrons. The molecule has 2 aromatic carbocycles. The molecule has 0 aliphatic heterocycles. The van der Waals surface area contributed by atoms with Gasteiger partial charge >= 0.3 is 0 Å². The Bertz CT molecular complexity index is 1470. The molecule has 40 heavy (non-hydrogen) atoms. The maximum atomic E-state index is 12.7. The Hall–Kier alpha value is -4.02. The molecule has 2 N–H and O–H groups in total. The van der Waals surface area contributed by atoms with Crippen LogP contribution in [0.4, 0.5) is 10.8 Å². The maximum Gasteiger partial charge on any atom is 0.269 e. The van der Waals surface area contributed by atoms with Gasteiger partial charge < -0.3 is 10.1 Å². The number of nitrogens with one attached hydrogen (secondary N) is 2. The molecule has 0 atom stereocenters. The summed E-state index contributed by atoms with van der Waals surface area (Å²) in [4.78, 5) is 35.6. The number of thioether (sulfide) groups is 2. The standard InChI is InChI=1S/C24H24N8O5S3/c1-3-37-18-11-9-16(10-12-18)31-19(13-25-21(34)15-5-7-17(8-6-15)32(35)36)27-29-23(31)39-14-20(33)26-22-28-30-24(40-22)38-4-2/h5-12H,3-4,13-14H2,1-2H3,(H,25,34)(H,26,28,33). The van der Waals surface area contributed by atoms with Crippen molar-refractivity contribution in [2.75, 3.05) is 23.4 Å². The number of hydrogen-bond donors (Lipinski definition) is 2. The number of nitrogens with zero attached hydrogens (tertiary/aromatic N) is 6. The van der Waals surface area contributed by atoms with Crippen molar-refractivity contribution < 1.29 is 19.2 Å². The lowest BCUT2D eigenvalue weighted by Crippen LogP contribution is -2.24. The Morgan fingerprint density at radius 1 is 1.02 bits per heavy atom. The number of amides is 2. The average Bonchev–Trinajstić information content (AvgIpc) is 3.57. The first kappa shape index (κ1) is 29.0. The first-order chi connectivity index (χ1) is 19.4. The first-order valence-electron chi connectivity index (χ1n) is 12.0. The molecule has 2 aromatic heterocycles. The fraction of sp³-hybridized carbons (Fsp3) is 0.250. The molecule has 0 spiro atoms. The minimum atomic E-state index is -0.531. The van der Waals surface area contributed by atoms with Crippen molar-refractivity contribution in [2.24, 2.45) is 0 Å². The SMILES string of the molecule is CCOc1ccc(-n2c(CNC(=O)c3ccc([N+](=O)[O-])cc3)nnc2SCC(=O)Nc2nnc(SCC)s2)cc1. The molecule has 0 aliphatic carbocycles. The van der Waals surface area contributed by atoms with E-state index in [4.69, 9.17) is 4.74 Å². The topological polar surface area (TPSA) is 167 Å². The Labute approximate surface area is 241 Å². The van der Waals surface area contributed by atoms with Crippen LogP contribution in [0.2, 0.25) is 0 Å². The molecule has 13 nitrogen and oxygen atoms in total. The third kappa shape index (κ3) is 7.55. The predicted octanol–water partition coefficient (Wildman–Crippen LogP) is 4.20. The van der Waals surface area contributed by atoms with Crippen LogP contribution in [-0.4, -0.2) is 59.8 Å². The second-order valence-electron chi connectivity index (χ2n) is 7.79. The van der Waals surface area contributed by atoms with Crippen LogP contribution >= 0.6 is 34.9 Å². The van der Waals surface area contributed by atoms with E-state index in [-0.39, 0.29) is 29.5 Å². The van der Waals surface area contributed by atoms with Gasteiger partial charge in [-0.3, -0.25) is 29.6 Å². The second kappa shape index (κ2) is 13.9. The zero-order chi connectivity index (χ0) is 28.5. The minimum absolute atomic E-state index is 0.0193. The van der Waals surface area contributed by atoms with E-state index in [2.05, 4.69) is 31.0 Å². The normalized spacial score (nSPS) is 10.8. The van der Waals surface area contributed by atoms with Crippen molar-refractivity contribution in [3.05, 3.63) is 70.0 Å². The van der Waals surface area contributed by atoms with Crippen LogP contribution in [0.1, 0.15) is 30.0 Å². The number of nitro groups is 1. The molecule has 0 aliphatic rings. The summed E-state index contributed by atoms with van der Waals surface area (Å²) < 4.78 is 8.05. The average molecular weight is 601 g/mol. The molecule has 2 amide bonds. The van der Waals surface area contributed by atoms with Crippen LogP contribution in [0.5, 0.6) is 5.75 Å². The highest BCUT2D eigenvalue weighted by molar-refractivity contribution is 8.01. The van der Waals surface area contributed by atoms with Gasteiger partial charge in [-0.25, -0.2) is 0 Å². The largest absolute Gasteiger partial charge is 0.494 e. The summed E-state index contributed by atoms with van der Waals surface area (Å²) in [6.45, 7) is 4.45. The first-order valence-corrected chi connectivity index (χ1v) is 14.8. The van der Waals surface area contributed by atoms with Gasteiger partial charge in [0.05, 0.1) is 23.8 Å². The number of carbonyl (C=O) groups excluding carboxylic acids is 2. The van der Waals surface area contributed by atoms with Crippen molar-refractivity contribution in [2.45, 2.75) is 29.9 Å². The van der Waals surface area contributed by atoms with E-state index in [0.717, 1.165) is 10.1 Å². The van der Waals surface area contributed by atoms with E-state index in [0.29, 0.717) is 34.2 Å². The summed E-state index contributed by atoms with van der Waals surface area (Å²) in [6.07, 6.45) is 0. The molecule has 2 heterocycles. The number of benzene rings is 2. The molecule has 0 fully saturated rings. The number of rotatable bonds is 13. The van der Waals surface area contributed by atoms with Gasteiger partial charge in [0.25, 0.3) is 11.6 Å². The smallest absolute Gasteiger partial charge is 0.269 e. The Balaban J connectivity index is 1.48.